The number of nitrogens with one attached hydrogen (secondary N) is 2. The van der Waals surface area contributed by atoms with E-state index in [4.69, 9.17) is 4.42 Å². The highest BCUT2D eigenvalue weighted by Gasteiger charge is 2.34. The van der Waals surface area contributed by atoms with E-state index < -0.39 is 11.9 Å². The number of hydrogen-bond donors (Lipinski definition) is 2. The lowest BCUT2D eigenvalue weighted by molar-refractivity contribution is -0.121. The Bertz CT molecular complexity index is 1140. The van der Waals surface area contributed by atoms with Crippen molar-refractivity contribution in [1.29, 1.82) is 0 Å². The lowest BCUT2D eigenvalue weighted by Gasteiger charge is -2.33. The zero-order chi connectivity index (χ0) is 22.7. The first-order valence-corrected chi connectivity index (χ1v) is 11.0. The maximum atomic E-state index is 14.5. The van der Waals surface area contributed by atoms with Crippen molar-refractivity contribution in [3.8, 4) is 11.3 Å². The van der Waals surface area contributed by atoms with Gasteiger partial charge in [0.2, 0.25) is 11.8 Å². The maximum Gasteiger partial charge on any atom is 0.290 e. The fourth-order valence-electron chi connectivity index (χ4n) is 3.64. The molecule has 1 unspecified atom stereocenters. The summed E-state index contributed by atoms with van der Waals surface area (Å²) in [6.45, 7) is 1.81. The van der Waals surface area contributed by atoms with Crippen LogP contribution in [0.3, 0.4) is 0 Å². The third-order valence-corrected chi connectivity index (χ3v) is 5.86. The van der Waals surface area contributed by atoms with Crippen LogP contribution in [-0.4, -0.2) is 40.2 Å². The van der Waals surface area contributed by atoms with Crippen molar-refractivity contribution in [3.05, 3.63) is 53.6 Å². The molecule has 1 aliphatic rings. The number of carbonyl (C=O) groups excluding carboxylic acids is 3. The molecule has 1 aromatic carbocycles. The molecule has 8 nitrogen and oxygen atoms in total. The zero-order valence-electron chi connectivity index (χ0n) is 17.3. The van der Waals surface area contributed by atoms with Gasteiger partial charge < -0.3 is 20.0 Å². The quantitative estimate of drug-likeness (QED) is 0.601. The van der Waals surface area contributed by atoms with Gasteiger partial charge in [0, 0.05) is 30.1 Å². The second kappa shape index (κ2) is 9.31. The Hall–Kier alpha value is -3.53. The molecule has 0 aliphatic carbocycles. The summed E-state index contributed by atoms with van der Waals surface area (Å²) in [5.41, 5.74) is 0.966. The van der Waals surface area contributed by atoms with Gasteiger partial charge in [0.05, 0.1) is 12.0 Å². The molecular weight excluding hydrogens is 435 g/mol. The van der Waals surface area contributed by atoms with Gasteiger partial charge in [-0.3, -0.25) is 14.4 Å². The summed E-state index contributed by atoms with van der Waals surface area (Å²) in [6, 6.07) is 6.89. The van der Waals surface area contributed by atoms with Gasteiger partial charge in [-0.15, -0.1) is 11.3 Å². The van der Waals surface area contributed by atoms with Gasteiger partial charge in [0.25, 0.3) is 5.91 Å². The van der Waals surface area contributed by atoms with Crippen LogP contribution in [0.1, 0.15) is 36.7 Å². The largest absolute Gasteiger partial charge is 0.459 e. The Morgan fingerprint density at radius 3 is 2.78 bits per heavy atom. The van der Waals surface area contributed by atoms with Gasteiger partial charge in [-0.25, -0.2) is 9.37 Å². The number of hydrogen-bond acceptors (Lipinski definition) is 6. The van der Waals surface area contributed by atoms with Crippen LogP contribution >= 0.6 is 11.3 Å². The Morgan fingerprint density at radius 1 is 1.22 bits per heavy atom. The Kier molecular flexibility index (Phi) is 6.31. The molecule has 1 fully saturated rings. The summed E-state index contributed by atoms with van der Waals surface area (Å²) < 4.78 is 19.7. The van der Waals surface area contributed by atoms with Crippen LogP contribution in [-0.2, 0) is 9.59 Å². The number of thiazole rings is 1. The van der Waals surface area contributed by atoms with Crippen LogP contribution < -0.4 is 10.6 Å². The van der Waals surface area contributed by atoms with E-state index in [-0.39, 0.29) is 29.0 Å². The molecule has 1 aliphatic heterocycles. The average molecular weight is 456 g/mol. The third-order valence-electron chi connectivity index (χ3n) is 5.10. The number of amides is 3. The summed E-state index contributed by atoms with van der Waals surface area (Å²) >= 11 is 1.17. The molecule has 2 aromatic heterocycles. The normalized spacial score (nSPS) is 15.9. The monoisotopic (exact) mass is 456 g/mol. The summed E-state index contributed by atoms with van der Waals surface area (Å²) in [5.74, 6) is -1.30. The molecule has 2 N–H and O–H groups in total. The minimum absolute atomic E-state index is 0.194. The van der Waals surface area contributed by atoms with E-state index in [1.165, 1.54) is 41.6 Å². The smallest absolute Gasteiger partial charge is 0.290 e. The predicted molar refractivity (Wildman–Crippen MR) is 118 cm³/mol. The minimum Gasteiger partial charge on any atom is -0.459 e. The molecule has 0 radical (unpaired) electrons. The Labute approximate surface area is 187 Å². The molecule has 32 heavy (non-hydrogen) atoms. The zero-order valence-corrected chi connectivity index (χ0v) is 18.1. The first kappa shape index (κ1) is 21.7. The summed E-state index contributed by atoms with van der Waals surface area (Å²) in [6.07, 6.45) is 3.60. The van der Waals surface area contributed by atoms with Gasteiger partial charge in [-0.1, -0.05) is 0 Å². The molecule has 166 valence electrons. The first-order valence-electron chi connectivity index (χ1n) is 10.1. The molecule has 3 aromatic rings. The molecule has 0 spiro atoms. The van der Waals surface area contributed by atoms with E-state index in [1.54, 1.807) is 23.6 Å². The second-order valence-electron chi connectivity index (χ2n) is 7.39. The molecule has 0 saturated carbocycles. The highest BCUT2D eigenvalue weighted by atomic mass is 32.1. The lowest BCUT2D eigenvalue weighted by Crippen LogP contribution is -2.49. The van der Waals surface area contributed by atoms with Crippen LogP contribution in [0.4, 0.5) is 15.2 Å². The lowest BCUT2D eigenvalue weighted by atomic mass is 10.0. The number of anilines is 2. The van der Waals surface area contributed by atoms with Gasteiger partial charge in [0.15, 0.2) is 10.9 Å². The highest BCUT2D eigenvalue weighted by Crippen LogP contribution is 2.29. The molecule has 4 rings (SSSR count). The first-order chi connectivity index (χ1) is 15.4. The standard InChI is InChI=1S/C22H21FN4O4S/c1-13(28)24-14-7-8-15(16(23)11-14)17-12-32-22(25-17)26-20(29)18-5-2-3-9-27(18)21(30)19-6-4-10-31-19/h4,6-8,10-12,18H,2-3,5,9H2,1H3,(H,24,28)(H,25,26,29). The summed E-state index contributed by atoms with van der Waals surface area (Å²) in [7, 11) is 0. The Morgan fingerprint density at radius 2 is 2.06 bits per heavy atom. The number of furan rings is 1. The van der Waals surface area contributed by atoms with Gasteiger partial charge >= 0.3 is 0 Å². The van der Waals surface area contributed by atoms with Crippen LogP contribution in [0.2, 0.25) is 0 Å². The number of carbonyl (C=O) groups is 3. The van der Waals surface area contributed by atoms with E-state index in [1.807, 2.05) is 0 Å². The van der Waals surface area contributed by atoms with Crippen LogP contribution in [0.15, 0.2) is 46.4 Å². The number of benzene rings is 1. The molecule has 3 heterocycles. The van der Waals surface area contributed by atoms with Crippen LogP contribution in [0.5, 0.6) is 0 Å². The molecule has 1 atom stereocenters. The summed E-state index contributed by atoms with van der Waals surface area (Å²) in [4.78, 5) is 42.6. The molecule has 1 saturated heterocycles. The van der Waals surface area contributed by atoms with Crippen molar-refractivity contribution in [2.24, 2.45) is 0 Å². The minimum atomic E-state index is -0.637. The second-order valence-corrected chi connectivity index (χ2v) is 8.25. The van der Waals surface area contributed by atoms with Gasteiger partial charge in [-0.2, -0.15) is 0 Å². The predicted octanol–water partition coefficient (Wildman–Crippen LogP) is 4.13. The van der Waals surface area contributed by atoms with Crippen molar-refractivity contribution in [2.45, 2.75) is 32.2 Å². The van der Waals surface area contributed by atoms with Crippen LogP contribution in [0, 0.1) is 5.82 Å². The Balaban J connectivity index is 1.47. The van der Waals surface area contributed by atoms with E-state index in [2.05, 4.69) is 15.6 Å². The van der Waals surface area contributed by atoms with Crippen molar-refractivity contribution < 1.29 is 23.2 Å². The topological polar surface area (TPSA) is 105 Å². The van der Waals surface area contributed by atoms with Gasteiger partial charge in [0.1, 0.15) is 11.9 Å². The fourth-order valence-corrected chi connectivity index (χ4v) is 4.35. The van der Waals surface area contributed by atoms with Crippen molar-refractivity contribution in [2.75, 3.05) is 17.2 Å². The number of likely N-dealkylation sites (tertiary alicyclic amines) is 1. The van der Waals surface area contributed by atoms with E-state index in [0.717, 1.165) is 12.8 Å². The van der Waals surface area contributed by atoms with E-state index in [9.17, 15) is 18.8 Å². The SMILES string of the molecule is CC(=O)Nc1ccc(-c2csc(NC(=O)C3CCCCN3C(=O)c3ccco3)n2)c(F)c1. The van der Waals surface area contributed by atoms with E-state index >= 15 is 0 Å². The number of rotatable bonds is 5. The fraction of sp³-hybridized carbons (Fsp3) is 0.273. The summed E-state index contributed by atoms with van der Waals surface area (Å²) in [5, 5.41) is 7.23. The molecule has 10 heteroatoms. The molecule has 3 amide bonds. The number of nitrogens with zero attached hydrogens (tertiary/aromatic N) is 2. The number of halogens is 1. The van der Waals surface area contributed by atoms with Crippen molar-refractivity contribution >= 4 is 39.9 Å². The average Bonchev–Trinajstić information content (AvgIpc) is 3.45. The van der Waals surface area contributed by atoms with Crippen molar-refractivity contribution in [3.63, 3.8) is 0 Å². The number of aromatic nitrogens is 1. The number of piperidine rings is 1. The van der Waals surface area contributed by atoms with Crippen molar-refractivity contribution in [1.82, 2.24) is 9.88 Å². The molecular formula is C22H21FN4O4S. The maximum absolute atomic E-state index is 14.5. The van der Waals surface area contributed by atoms with Crippen LogP contribution in [0.25, 0.3) is 11.3 Å². The van der Waals surface area contributed by atoms with Gasteiger partial charge in [-0.05, 0) is 49.6 Å². The highest BCUT2D eigenvalue weighted by molar-refractivity contribution is 7.14. The van der Waals surface area contributed by atoms with E-state index in [0.29, 0.717) is 29.5 Å². The molecule has 0 bridgehead atoms. The third kappa shape index (κ3) is 4.70.